The first kappa shape index (κ1) is 27.0. The summed E-state index contributed by atoms with van der Waals surface area (Å²) in [5.74, 6) is 0. The number of nitrogens with two attached hydrogens (primary N) is 4. The number of rotatable bonds is 6. The van der Waals surface area contributed by atoms with Crippen molar-refractivity contribution in [2.24, 2.45) is 22.9 Å². The van der Waals surface area contributed by atoms with Gasteiger partial charge in [-0.05, 0) is 6.42 Å². The highest BCUT2D eigenvalue weighted by Crippen LogP contribution is 2.31. The van der Waals surface area contributed by atoms with Crippen LogP contribution in [0, 0.1) is 0 Å². The van der Waals surface area contributed by atoms with Crippen molar-refractivity contribution in [3.05, 3.63) is 0 Å². The normalized spacial score (nSPS) is 53.7. The van der Waals surface area contributed by atoms with Crippen LogP contribution in [0.3, 0.4) is 0 Å². The molecule has 6 unspecified atom stereocenters. The minimum absolute atomic E-state index is 0.0849. The van der Waals surface area contributed by atoms with Gasteiger partial charge in [-0.3, -0.25) is 0 Å². The maximum Gasteiger partial charge on any atom is 0.187 e. The largest absolute Gasteiger partial charge is 0.394 e. The van der Waals surface area contributed by atoms with Gasteiger partial charge >= 0.3 is 0 Å². The number of ether oxygens (including phenoxy) is 4. The number of hydrogen-bond acceptors (Lipinski definition) is 15. The summed E-state index contributed by atoms with van der Waals surface area (Å²) >= 11 is 0. The molecule has 3 rings (SSSR count). The summed E-state index contributed by atoms with van der Waals surface area (Å²) < 4.78 is 22.2. The summed E-state index contributed by atoms with van der Waals surface area (Å²) in [5.41, 5.74) is 23.5. The Morgan fingerprint density at radius 3 is 1.70 bits per heavy atom. The van der Waals surface area contributed by atoms with Gasteiger partial charge in [0, 0.05) is 18.6 Å². The van der Waals surface area contributed by atoms with E-state index in [-0.39, 0.29) is 13.0 Å². The predicted octanol–water partition coefficient (Wildman–Crippen LogP) is -7.29. The fourth-order valence-corrected chi connectivity index (χ4v) is 4.40. The van der Waals surface area contributed by atoms with E-state index in [1.807, 2.05) is 0 Å². The number of hydrogen-bond donors (Lipinski definition) is 11. The van der Waals surface area contributed by atoms with E-state index >= 15 is 0 Å². The highest BCUT2D eigenvalue weighted by atomic mass is 16.7. The van der Waals surface area contributed by atoms with Crippen LogP contribution in [0.1, 0.15) is 6.42 Å². The molecule has 1 aliphatic carbocycles. The summed E-state index contributed by atoms with van der Waals surface area (Å²) in [7, 11) is 0. The van der Waals surface area contributed by atoms with E-state index in [1.165, 1.54) is 0 Å². The van der Waals surface area contributed by atoms with Gasteiger partial charge in [0.2, 0.25) is 0 Å². The average molecular weight is 485 g/mol. The van der Waals surface area contributed by atoms with Crippen molar-refractivity contribution >= 4 is 0 Å². The number of aliphatic hydroxyl groups excluding tert-OH is 7. The molecule has 0 aromatic carbocycles. The van der Waals surface area contributed by atoms with E-state index in [9.17, 15) is 35.7 Å². The first-order chi connectivity index (χ1) is 15.5. The fraction of sp³-hybridized carbons (Fsp3) is 1.00. The van der Waals surface area contributed by atoms with Gasteiger partial charge in [0.1, 0.15) is 61.0 Å². The standard InChI is InChI=1S/C18H36N4O11/c19-2-6-10(25)12(27)13(28)18(30-6)33-16-5(21)1-4(20)15(14(16)29)32-17-11(26)8(22)9(24)7(3-23)31-17/h4-18,23-29H,1-3,19-22H2/t4-,5?,6?,7-,8?,9-,10-,11-,12?,13+,14?,15-,16-,17?,18-/m1/s1. The van der Waals surface area contributed by atoms with Crippen molar-refractivity contribution in [3.8, 4) is 0 Å². The Kier molecular flexibility index (Phi) is 8.99. The monoisotopic (exact) mass is 484 g/mol. The van der Waals surface area contributed by atoms with Gasteiger partial charge in [0.15, 0.2) is 12.6 Å². The molecule has 0 aromatic heterocycles. The van der Waals surface area contributed by atoms with E-state index in [4.69, 9.17) is 41.9 Å². The third-order valence-corrected chi connectivity index (χ3v) is 6.48. The van der Waals surface area contributed by atoms with E-state index in [2.05, 4.69) is 0 Å². The van der Waals surface area contributed by atoms with Gasteiger partial charge in [0.25, 0.3) is 0 Å². The zero-order valence-electron chi connectivity index (χ0n) is 17.9. The Balaban J connectivity index is 1.72. The Morgan fingerprint density at radius 2 is 1.18 bits per heavy atom. The minimum Gasteiger partial charge on any atom is -0.394 e. The molecule has 3 aliphatic rings. The molecule has 2 aliphatic heterocycles. The summed E-state index contributed by atoms with van der Waals surface area (Å²) in [6.45, 7) is -0.763. The number of aliphatic hydroxyl groups is 7. The summed E-state index contributed by atoms with van der Waals surface area (Å²) in [6, 6.07) is -2.86. The maximum absolute atomic E-state index is 10.9. The zero-order valence-corrected chi connectivity index (χ0v) is 17.9. The van der Waals surface area contributed by atoms with Gasteiger partial charge < -0.3 is 77.6 Å². The third kappa shape index (κ3) is 5.32. The highest BCUT2D eigenvalue weighted by molar-refractivity contribution is 5.01. The summed E-state index contributed by atoms with van der Waals surface area (Å²) in [5, 5.41) is 70.9. The van der Waals surface area contributed by atoms with Crippen LogP contribution in [0.15, 0.2) is 0 Å². The van der Waals surface area contributed by atoms with E-state index in [0.29, 0.717) is 0 Å². The van der Waals surface area contributed by atoms with Gasteiger partial charge in [-0.25, -0.2) is 0 Å². The fourth-order valence-electron chi connectivity index (χ4n) is 4.40. The van der Waals surface area contributed by atoms with Crippen LogP contribution in [0.5, 0.6) is 0 Å². The van der Waals surface area contributed by atoms with Gasteiger partial charge in [-0.1, -0.05) is 0 Å². The van der Waals surface area contributed by atoms with E-state index in [0.717, 1.165) is 0 Å². The molecule has 0 amide bonds. The topological polar surface area (TPSA) is 283 Å². The van der Waals surface area contributed by atoms with Crippen LogP contribution in [-0.2, 0) is 18.9 Å². The lowest BCUT2D eigenvalue weighted by molar-refractivity contribution is -0.332. The summed E-state index contributed by atoms with van der Waals surface area (Å²) in [4.78, 5) is 0. The molecule has 15 nitrogen and oxygen atoms in total. The molecular formula is C18H36N4O11. The lowest BCUT2D eigenvalue weighted by Gasteiger charge is -2.48. The predicted molar refractivity (Wildman–Crippen MR) is 108 cm³/mol. The molecule has 0 bridgehead atoms. The molecule has 3 fully saturated rings. The Bertz CT molecular complexity index is 584. The van der Waals surface area contributed by atoms with E-state index in [1.54, 1.807) is 0 Å². The Morgan fingerprint density at radius 1 is 0.667 bits per heavy atom. The van der Waals surface area contributed by atoms with Crippen molar-refractivity contribution in [3.63, 3.8) is 0 Å². The molecule has 0 spiro atoms. The quantitative estimate of drug-likeness (QED) is 0.167. The third-order valence-electron chi connectivity index (χ3n) is 6.48. The Hall–Kier alpha value is -0.600. The lowest BCUT2D eigenvalue weighted by atomic mass is 9.84. The van der Waals surface area contributed by atoms with Crippen LogP contribution in [0.2, 0.25) is 0 Å². The summed E-state index contributed by atoms with van der Waals surface area (Å²) in [6.07, 6.45) is -16.5. The first-order valence-corrected chi connectivity index (χ1v) is 10.8. The molecule has 194 valence electrons. The average Bonchev–Trinajstić information content (AvgIpc) is 2.79. The van der Waals surface area contributed by atoms with Crippen molar-refractivity contribution in [2.75, 3.05) is 13.2 Å². The molecule has 2 heterocycles. The van der Waals surface area contributed by atoms with Crippen molar-refractivity contribution < 1.29 is 54.7 Å². The Labute approximate surface area is 189 Å². The van der Waals surface area contributed by atoms with Crippen molar-refractivity contribution in [1.82, 2.24) is 0 Å². The van der Waals surface area contributed by atoms with Crippen molar-refractivity contribution in [1.29, 1.82) is 0 Å². The second-order valence-electron chi connectivity index (χ2n) is 8.79. The maximum atomic E-state index is 10.9. The molecule has 33 heavy (non-hydrogen) atoms. The SMILES string of the molecule is NCC1O[C@H](O[C@@H]2C(N)C[C@@H](N)[C@@H](OC3O[C@H](CO)[C@@H](O)C(N)[C@H]3O)C2O)[C@@H](O)C(O)[C@@H]1O. The van der Waals surface area contributed by atoms with Crippen LogP contribution >= 0.6 is 0 Å². The van der Waals surface area contributed by atoms with Gasteiger partial charge in [0.05, 0.1) is 12.6 Å². The lowest BCUT2D eigenvalue weighted by Crippen LogP contribution is -2.68. The molecule has 2 saturated heterocycles. The molecule has 0 radical (unpaired) electrons. The second-order valence-corrected chi connectivity index (χ2v) is 8.79. The smallest absolute Gasteiger partial charge is 0.187 e. The van der Waals surface area contributed by atoms with Gasteiger partial charge in [-0.15, -0.1) is 0 Å². The van der Waals surface area contributed by atoms with Gasteiger partial charge in [-0.2, -0.15) is 0 Å². The molecule has 0 aromatic rings. The molecule has 15 N–H and O–H groups in total. The molecule has 15 atom stereocenters. The van der Waals surface area contributed by atoms with Crippen LogP contribution in [0.25, 0.3) is 0 Å². The minimum atomic E-state index is -1.66. The van der Waals surface area contributed by atoms with Crippen molar-refractivity contribution in [2.45, 2.75) is 98.2 Å². The van der Waals surface area contributed by atoms with Crippen LogP contribution < -0.4 is 22.9 Å². The first-order valence-electron chi connectivity index (χ1n) is 10.8. The van der Waals surface area contributed by atoms with E-state index < -0.39 is 98.4 Å². The highest BCUT2D eigenvalue weighted by Gasteiger charge is 2.51. The van der Waals surface area contributed by atoms with Crippen LogP contribution in [0.4, 0.5) is 0 Å². The van der Waals surface area contributed by atoms with Crippen LogP contribution in [-0.4, -0.2) is 141 Å². The molecule has 15 heteroatoms. The second kappa shape index (κ2) is 11.0. The zero-order chi connectivity index (χ0) is 24.6. The molecule has 1 saturated carbocycles. The molecular weight excluding hydrogens is 448 g/mol.